The number of urea groups is 1. The summed E-state index contributed by atoms with van der Waals surface area (Å²) in [6, 6.07) is -0.365. The maximum absolute atomic E-state index is 11.4. The zero-order valence-electron chi connectivity index (χ0n) is 10.5. The Labute approximate surface area is 106 Å². The Morgan fingerprint density at radius 3 is 2.39 bits per heavy atom. The third-order valence-electron chi connectivity index (χ3n) is 2.00. The molecule has 0 atom stereocenters. The standard InChI is InChI=1S/C9H19N3O5S/c1-12(7-3-4-8(13)14)9(15)10-5-6-11-18(2,16)17/h11H,3-7H2,1-2H3,(H,10,15)(H,13,14). The zero-order valence-corrected chi connectivity index (χ0v) is 11.3. The topological polar surface area (TPSA) is 116 Å². The summed E-state index contributed by atoms with van der Waals surface area (Å²) < 4.78 is 23.7. The number of carbonyl (C=O) groups excluding carboxylic acids is 1. The molecule has 0 saturated carbocycles. The van der Waals surface area contributed by atoms with Crippen molar-refractivity contribution < 1.29 is 23.1 Å². The van der Waals surface area contributed by atoms with Gasteiger partial charge in [-0.1, -0.05) is 0 Å². The number of aliphatic carboxylic acids is 1. The quantitative estimate of drug-likeness (QED) is 0.496. The molecule has 0 aliphatic heterocycles. The summed E-state index contributed by atoms with van der Waals surface area (Å²) in [4.78, 5) is 23.1. The molecule has 18 heavy (non-hydrogen) atoms. The number of rotatable bonds is 8. The molecule has 0 aromatic carbocycles. The summed E-state index contributed by atoms with van der Waals surface area (Å²) in [6.45, 7) is 0.625. The van der Waals surface area contributed by atoms with E-state index in [1.807, 2.05) is 0 Å². The minimum atomic E-state index is -3.25. The number of hydrogen-bond donors (Lipinski definition) is 3. The van der Waals surface area contributed by atoms with Crippen molar-refractivity contribution in [3.8, 4) is 0 Å². The summed E-state index contributed by atoms with van der Waals surface area (Å²) in [5, 5.41) is 10.9. The van der Waals surface area contributed by atoms with E-state index in [9.17, 15) is 18.0 Å². The molecule has 0 fully saturated rings. The fraction of sp³-hybridized carbons (Fsp3) is 0.778. The Balaban J connectivity index is 3.71. The van der Waals surface area contributed by atoms with Crippen LogP contribution in [0.4, 0.5) is 4.79 Å². The maximum atomic E-state index is 11.4. The maximum Gasteiger partial charge on any atom is 0.317 e. The third-order valence-corrected chi connectivity index (χ3v) is 2.72. The number of sulfonamides is 1. The number of carbonyl (C=O) groups is 2. The van der Waals surface area contributed by atoms with Crippen molar-refractivity contribution in [3.63, 3.8) is 0 Å². The molecule has 9 heteroatoms. The van der Waals surface area contributed by atoms with Gasteiger partial charge in [-0.15, -0.1) is 0 Å². The van der Waals surface area contributed by atoms with Crippen LogP contribution in [0.15, 0.2) is 0 Å². The third kappa shape index (κ3) is 9.85. The first-order valence-corrected chi connectivity index (χ1v) is 7.27. The average Bonchev–Trinajstić information content (AvgIpc) is 2.22. The first kappa shape index (κ1) is 16.6. The van der Waals surface area contributed by atoms with Crippen molar-refractivity contribution in [3.05, 3.63) is 0 Å². The molecule has 0 unspecified atom stereocenters. The monoisotopic (exact) mass is 281 g/mol. The average molecular weight is 281 g/mol. The second kappa shape index (κ2) is 7.88. The molecule has 2 amide bonds. The number of carboxylic acids is 1. The molecule has 0 spiro atoms. The van der Waals surface area contributed by atoms with Crippen LogP contribution in [0.5, 0.6) is 0 Å². The van der Waals surface area contributed by atoms with Crippen LogP contribution in [0, 0.1) is 0 Å². The number of amides is 2. The predicted molar refractivity (Wildman–Crippen MR) is 65.7 cm³/mol. The van der Waals surface area contributed by atoms with E-state index in [2.05, 4.69) is 10.0 Å². The normalized spacial score (nSPS) is 11.0. The van der Waals surface area contributed by atoms with Gasteiger partial charge in [0.25, 0.3) is 0 Å². The highest BCUT2D eigenvalue weighted by atomic mass is 32.2. The second-order valence-corrected chi connectivity index (χ2v) is 5.65. The smallest absolute Gasteiger partial charge is 0.317 e. The lowest BCUT2D eigenvalue weighted by Crippen LogP contribution is -2.41. The van der Waals surface area contributed by atoms with E-state index in [0.717, 1.165) is 6.26 Å². The molecule has 0 aliphatic carbocycles. The van der Waals surface area contributed by atoms with Crippen molar-refractivity contribution >= 4 is 22.0 Å². The summed E-state index contributed by atoms with van der Waals surface area (Å²) in [5.41, 5.74) is 0. The van der Waals surface area contributed by atoms with Gasteiger partial charge in [-0.2, -0.15) is 0 Å². The Morgan fingerprint density at radius 2 is 1.89 bits per heavy atom. The summed E-state index contributed by atoms with van der Waals surface area (Å²) >= 11 is 0. The predicted octanol–water partition coefficient (Wildman–Crippen LogP) is -0.958. The molecule has 0 aromatic rings. The van der Waals surface area contributed by atoms with Crippen molar-refractivity contribution in [2.45, 2.75) is 12.8 Å². The van der Waals surface area contributed by atoms with Crippen LogP contribution in [0.3, 0.4) is 0 Å². The molecule has 0 radical (unpaired) electrons. The number of carboxylic acid groups (broad SMARTS) is 1. The van der Waals surface area contributed by atoms with Gasteiger partial charge in [-0.25, -0.2) is 17.9 Å². The lowest BCUT2D eigenvalue weighted by molar-refractivity contribution is -0.137. The van der Waals surface area contributed by atoms with Crippen LogP contribution < -0.4 is 10.0 Å². The highest BCUT2D eigenvalue weighted by Crippen LogP contribution is 1.93. The molecule has 0 bridgehead atoms. The van der Waals surface area contributed by atoms with Gasteiger partial charge in [0.15, 0.2) is 0 Å². The first-order valence-electron chi connectivity index (χ1n) is 5.38. The number of hydrogen-bond acceptors (Lipinski definition) is 4. The van der Waals surface area contributed by atoms with Crippen molar-refractivity contribution in [2.75, 3.05) is 32.9 Å². The van der Waals surface area contributed by atoms with E-state index < -0.39 is 16.0 Å². The van der Waals surface area contributed by atoms with Gasteiger partial charge in [0.1, 0.15) is 0 Å². The first-order chi connectivity index (χ1) is 8.22. The van der Waals surface area contributed by atoms with Crippen LogP contribution in [-0.2, 0) is 14.8 Å². The minimum absolute atomic E-state index is 0.00720. The summed E-state index contributed by atoms with van der Waals surface area (Å²) in [7, 11) is -1.70. The number of nitrogens with one attached hydrogen (secondary N) is 2. The van der Waals surface area contributed by atoms with Crippen molar-refractivity contribution in [1.29, 1.82) is 0 Å². The Bertz CT molecular complexity index is 382. The van der Waals surface area contributed by atoms with Gasteiger partial charge in [0.05, 0.1) is 6.26 Å². The molecule has 8 nitrogen and oxygen atoms in total. The van der Waals surface area contributed by atoms with E-state index in [1.165, 1.54) is 4.90 Å². The van der Waals surface area contributed by atoms with Crippen molar-refractivity contribution in [2.24, 2.45) is 0 Å². The Hall–Kier alpha value is -1.35. The molecule has 0 heterocycles. The number of nitrogens with zero attached hydrogens (tertiary/aromatic N) is 1. The summed E-state index contributed by atoms with van der Waals surface area (Å²) in [6.07, 6.45) is 1.42. The van der Waals surface area contributed by atoms with Gasteiger partial charge >= 0.3 is 12.0 Å². The molecular formula is C9H19N3O5S. The van der Waals surface area contributed by atoms with Crippen LogP contribution >= 0.6 is 0 Å². The van der Waals surface area contributed by atoms with E-state index >= 15 is 0 Å². The van der Waals surface area contributed by atoms with Crippen LogP contribution in [-0.4, -0.2) is 63.4 Å². The second-order valence-electron chi connectivity index (χ2n) is 3.82. The highest BCUT2D eigenvalue weighted by Gasteiger charge is 2.08. The van der Waals surface area contributed by atoms with E-state index in [0.29, 0.717) is 13.0 Å². The molecule has 0 aliphatic rings. The fourth-order valence-electron chi connectivity index (χ4n) is 1.11. The lowest BCUT2D eigenvalue weighted by Gasteiger charge is -2.17. The van der Waals surface area contributed by atoms with Crippen molar-refractivity contribution in [1.82, 2.24) is 14.9 Å². The fourth-order valence-corrected chi connectivity index (χ4v) is 1.58. The van der Waals surface area contributed by atoms with Gasteiger partial charge in [0.2, 0.25) is 10.0 Å². The van der Waals surface area contributed by atoms with E-state index in [1.54, 1.807) is 7.05 Å². The Morgan fingerprint density at radius 1 is 1.28 bits per heavy atom. The molecule has 0 rings (SSSR count). The molecule has 0 saturated heterocycles. The van der Waals surface area contributed by atoms with Crippen LogP contribution in [0.2, 0.25) is 0 Å². The molecule has 106 valence electrons. The zero-order chi connectivity index (χ0) is 14.2. The van der Waals surface area contributed by atoms with Gasteiger partial charge in [0, 0.05) is 33.1 Å². The Kier molecular flexibility index (Phi) is 7.29. The van der Waals surface area contributed by atoms with E-state index in [-0.39, 0.29) is 25.5 Å². The van der Waals surface area contributed by atoms with Gasteiger partial charge in [-0.3, -0.25) is 4.79 Å². The molecule has 3 N–H and O–H groups in total. The van der Waals surface area contributed by atoms with E-state index in [4.69, 9.17) is 5.11 Å². The highest BCUT2D eigenvalue weighted by molar-refractivity contribution is 7.88. The van der Waals surface area contributed by atoms with Gasteiger partial charge < -0.3 is 15.3 Å². The lowest BCUT2D eigenvalue weighted by atomic mass is 10.3. The van der Waals surface area contributed by atoms with Crippen LogP contribution in [0.25, 0.3) is 0 Å². The molecule has 0 aromatic heterocycles. The van der Waals surface area contributed by atoms with Gasteiger partial charge in [-0.05, 0) is 6.42 Å². The SMILES string of the molecule is CN(CCCC(=O)O)C(=O)NCCNS(C)(=O)=O. The van der Waals surface area contributed by atoms with Crippen LogP contribution in [0.1, 0.15) is 12.8 Å². The molecular weight excluding hydrogens is 262 g/mol. The largest absolute Gasteiger partial charge is 0.481 e. The minimum Gasteiger partial charge on any atom is -0.481 e. The summed E-state index contributed by atoms with van der Waals surface area (Å²) in [5.74, 6) is -0.902.